The quantitative estimate of drug-likeness (QED) is 0.0835. The van der Waals surface area contributed by atoms with E-state index in [0.717, 1.165) is 19.4 Å². The van der Waals surface area contributed by atoms with Crippen LogP contribution in [0, 0.1) is 5.41 Å². The summed E-state index contributed by atoms with van der Waals surface area (Å²) in [6.07, 6.45) is -8.94. The summed E-state index contributed by atoms with van der Waals surface area (Å²) in [6, 6.07) is 3.16. The van der Waals surface area contributed by atoms with Crippen molar-refractivity contribution in [2.45, 2.75) is 117 Å². The highest BCUT2D eigenvalue weighted by Gasteiger charge is 2.48. The molecule has 1 saturated heterocycles. The molecule has 6 atom stereocenters. The van der Waals surface area contributed by atoms with E-state index in [2.05, 4.69) is 27.6 Å². The molecule has 3 amide bonds. The number of benzene rings is 1. The zero-order valence-corrected chi connectivity index (χ0v) is 30.1. The maximum absolute atomic E-state index is 12.4. The molecule has 1 aliphatic heterocycles. The lowest BCUT2D eigenvalue weighted by Gasteiger charge is -2.38. The fourth-order valence-electron chi connectivity index (χ4n) is 4.04. The highest BCUT2D eigenvalue weighted by molar-refractivity contribution is 5.93. The van der Waals surface area contributed by atoms with Crippen LogP contribution in [0.1, 0.15) is 73.3 Å². The van der Waals surface area contributed by atoms with Crippen LogP contribution in [-0.2, 0) is 40.0 Å². The Bertz CT molecular complexity index is 1320. The first-order valence-electron chi connectivity index (χ1n) is 16.4. The maximum atomic E-state index is 12.4. The Morgan fingerprint density at radius 1 is 0.961 bits per heavy atom. The minimum absolute atomic E-state index is 0.0386. The number of aliphatic hydroxyl groups excluding tert-OH is 3. The van der Waals surface area contributed by atoms with Crippen LogP contribution in [0.4, 0.5) is 10.5 Å². The Morgan fingerprint density at radius 2 is 1.61 bits per heavy atom. The van der Waals surface area contributed by atoms with Crippen molar-refractivity contribution in [3.8, 4) is 5.75 Å². The van der Waals surface area contributed by atoms with E-state index in [1.165, 1.54) is 25.1 Å². The molecule has 0 aromatic heterocycles. The molecule has 10 N–H and O–H groups in total. The van der Waals surface area contributed by atoms with Gasteiger partial charge in [0.25, 0.3) is 0 Å². The van der Waals surface area contributed by atoms with E-state index in [0.29, 0.717) is 12.2 Å². The topological polar surface area (TPSA) is 286 Å². The van der Waals surface area contributed by atoms with E-state index in [9.17, 15) is 44.4 Å². The lowest BCUT2D eigenvalue weighted by molar-refractivity contribution is -0.271. The first kappa shape index (κ1) is 45.0. The van der Waals surface area contributed by atoms with Gasteiger partial charge in [-0.3, -0.25) is 14.4 Å². The monoisotopic (exact) mass is 730 g/mol. The smallest absolute Gasteiger partial charge is 0.479 e. The molecule has 18 nitrogen and oxygen atoms in total. The first-order valence-corrected chi connectivity index (χ1v) is 16.4. The van der Waals surface area contributed by atoms with Crippen molar-refractivity contribution in [1.82, 2.24) is 10.6 Å². The summed E-state index contributed by atoms with van der Waals surface area (Å²) in [6.45, 7) is 14.2. The van der Waals surface area contributed by atoms with Crippen LogP contribution < -0.4 is 26.4 Å². The molecule has 0 saturated carbocycles. The third-order valence-corrected chi connectivity index (χ3v) is 7.10. The van der Waals surface area contributed by atoms with Crippen molar-refractivity contribution in [3.63, 3.8) is 0 Å². The molecule has 18 heteroatoms. The number of rotatable bonds is 16. The minimum atomic E-state index is -1.93. The molecule has 3 unspecified atom stereocenters. The minimum Gasteiger partial charge on any atom is -0.479 e. The number of hydrogen-bond donors (Lipinski definition) is 9. The lowest BCUT2D eigenvalue weighted by atomic mass is 9.93. The fourth-order valence-corrected chi connectivity index (χ4v) is 4.04. The Morgan fingerprint density at radius 3 is 2.16 bits per heavy atom. The normalized spacial score (nSPS) is 20.9. The molecule has 0 bridgehead atoms. The molecule has 1 heterocycles. The molecule has 1 fully saturated rings. The Hall–Kier alpha value is -4.07. The summed E-state index contributed by atoms with van der Waals surface area (Å²) in [4.78, 5) is 57.7. The van der Waals surface area contributed by atoms with Gasteiger partial charge in [0.15, 0.2) is 6.10 Å². The zero-order chi connectivity index (χ0) is 39.1. The zero-order valence-electron chi connectivity index (χ0n) is 30.1. The molecule has 1 aliphatic rings. The number of ether oxygens (including phenoxy) is 4. The van der Waals surface area contributed by atoms with Crippen LogP contribution in [0.25, 0.3) is 0 Å². The predicted molar refractivity (Wildman–Crippen MR) is 182 cm³/mol. The van der Waals surface area contributed by atoms with Gasteiger partial charge in [-0.25, -0.2) is 9.59 Å². The lowest BCUT2D eigenvalue weighted by Crippen LogP contribution is -2.61. The molecule has 0 aliphatic carbocycles. The van der Waals surface area contributed by atoms with Crippen molar-refractivity contribution in [3.05, 3.63) is 23.8 Å². The van der Waals surface area contributed by atoms with Crippen LogP contribution in [0.3, 0.4) is 0 Å². The Kier molecular flexibility index (Phi) is 18.2. The summed E-state index contributed by atoms with van der Waals surface area (Å²) in [5, 5.41) is 55.7. The van der Waals surface area contributed by atoms with Crippen molar-refractivity contribution in [2.75, 3.05) is 25.0 Å². The van der Waals surface area contributed by atoms with Crippen LogP contribution in [0.2, 0.25) is 0 Å². The summed E-state index contributed by atoms with van der Waals surface area (Å²) in [5.41, 5.74) is 5.03. The number of anilines is 1. The third-order valence-electron chi connectivity index (χ3n) is 7.10. The number of unbranched alkanes of at least 4 members (excludes halogenated alkanes) is 1. The van der Waals surface area contributed by atoms with Gasteiger partial charge < -0.3 is 66.2 Å². The van der Waals surface area contributed by atoms with E-state index < -0.39 is 66.1 Å². The van der Waals surface area contributed by atoms with Crippen LogP contribution in [0.15, 0.2) is 18.2 Å². The fraction of sp³-hybridized carbons (Fsp3) is 0.667. The average Bonchev–Trinajstić information content (AvgIpc) is 3.03. The number of aliphatic carboxylic acids is 1. The number of nitrogens with two attached hydrogens (primary N) is 1. The van der Waals surface area contributed by atoms with Crippen LogP contribution in [0.5, 0.6) is 5.75 Å². The average molecular weight is 731 g/mol. The predicted octanol–water partition coefficient (Wildman–Crippen LogP) is 0.688. The standard InChI is InChI=1S/C20H27N3O12.C13H27NO2/c1-8(21)17(28)22-5-4-12(24)23-10-6-9(7-33-20(31)32)2-3-11(10)34-19-15(27)13(25)14(26)16(35-19)18(29)30;1-7-8-9-14-11(15)13(5,6)10-16-12(2,3)4/h2-3,6,8,13-16,19,25-27H,4-5,7,21H2,1H3,(H,22,28)(H,23,24)(H,29,30)(H,31,32);7-10H2,1-6H3,(H,14,15)/t8-,13?,14-,15+,16?,19?;/m0./s1. The van der Waals surface area contributed by atoms with Crippen molar-refractivity contribution in [1.29, 1.82) is 0 Å². The summed E-state index contributed by atoms with van der Waals surface area (Å²) in [7, 11) is 0. The van der Waals surface area contributed by atoms with E-state index in [1.54, 1.807) is 0 Å². The van der Waals surface area contributed by atoms with Gasteiger partial charge in [-0.15, -0.1) is 0 Å². The molecular formula is C33H54N4O14. The van der Waals surface area contributed by atoms with E-state index >= 15 is 0 Å². The molecule has 0 radical (unpaired) electrons. The van der Waals surface area contributed by atoms with Gasteiger partial charge >= 0.3 is 12.1 Å². The molecule has 1 aromatic rings. The van der Waals surface area contributed by atoms with E-state index in [-0.39, 0.29) is 42.5 Å². The second-order valence-corrected chi connectivity index (χ2v) is 13.5. The van der Waals surface area contributed by atoms with E-state index in [1.807, 2.05) is 34.6 Å². The van der Waals surface area contributed by atoms with Crippen LogP contribution in [-0.4, -0.2) is 117 Å². The SMILES string of the molecule is CCCCNC(=O)C(C)(C)COC(C)(C)C.C[C@H](N)C(=O)NCCC(=O)Nc1cc(COC(=O)O)ccc1OC1OC(C(=O)O)[C@@H](O)C(O)[C@H]1O. The Balaban J connectivity index is 0.000000683. The number of nitrogens with one attached hydrogen (secondary N) is 3. The molecule has 1 aromatic carbocycles. The maximum Gasteiger partial charge on any atom is 0.506 e. The number of carbonyl (C=O) groups is 5. The molecule has 0 spiro atoms. The molecule has 2 rings (SSSR count). The number of carboxylic acids is 1. The number of hydrogen-bond acceptors (Lipinski definition) is 13. The van der Waals surface area contributed by atoms with Gasteiger partial charge in [0.05, 0.1) is 29.4 Å². The largest absolute Gasteiger partial charge is 0.506 e. The molecule has 51 heavy (non-hydrogen) atoms. The van der Waals surface area contributed by atoms with Gasteiger partial charge in [-0.05, 0) is 65.7 Å². The summed E-state index contributed by atoms with van der Waals surface area (Å²) in [5.74, 6) is -2.74. The first-order chi connectivity index (χ1) is 23.6. The van der Waals surface area contributed by atoms with Crippen molar-refractivity contribution >= 4 is 35.5 Å². The van der Waals surface area contributed by atoms with Crippen molar-refractivity contribution in [2.24, 2.45) is 11.1 Å². The highest BCUT2D eigenvalue weighted by Crippen LogP contribution is 2.31. The third kappa shape index (κ3) is 16.2. The molecule has 290 valence electrons. The second kappa shape index (κ2) is 20.7. The Labute approximate surface area is 297 Å². The van der Waals surface area contributed by atoms with Gasteiger partial charge in [-0.2, -0.15) is 0 Å². The van der Waals surface area contributed by atoms with E-state index in [4.69, 9.17) is 25.1 Å². The van der Waals surface area contributed by atoms with Gasteiger partial charge in [0.2, 0.25) is 24.0 Å². The number of carbonyl (C=O) groups excluding carboxylic acids is 3. The second-order valence-electron chi connectivity index (χ2n) is 13.5. The number of amides is 3. The van der Waals surface area contributed by atoms with Crippen LogP contribution >= 0.6 is 0 Å². The molecular weight excluding hydrogens is 676 g/mol. The van der Waals surface area contributed by atoms with Gasteiger partial charge in [-0.1, -0.05) is 19.4 Å². The highest BCUT2D eigenvalue weighted by atomic mass is 16.7. The van der Waals surface area contributed by atoms with Crippen molar-refractivity contribution < 1.29 is 68.5 Å². The summed E-state index contributed by atoms with van der Waals surface area (Å²) < 4.78 is 20.7. The summed E-state index contributed by atoms with van der Waals surface area (Å²) >= 11 is 0. The van der Waals surface area contributed by atoms with Gasteiger partial charge in [0.1, 0.15) is 30.7 Å². The van der Waals surface area contributed by atoms with Gasteiger partial charge in [0, 0.05) is 19.5 Å². The number of carboxylic acid groups (broad SMARTS) is 2. The number of aliphatic hydroxyl groups is 3.